The van der Waals surface area contributed by atoms with Crippen molar-refractivity contribution in [3.05, 3.63) is 58.7 Å². The Morgan fingerprint density at radius 2 is 1.90 bits per heavy atom. The Kier molecular flexibility index (Phi) is 4.64. The molecule has 156 valence electrons. The summed E-state index contributed by atoms with van der Waals surface area (Å²) in [5.74, 6) is -0.314. The zero-order chi connectivity index (χ0) is 21.6. The van der Waals surface area contributed by atoms with Crippen LogP contribution in [0.3, 0.4) is 0 Å². The molecular weight excluding hydrogens is 397 g/mol. The molecule has 4 rings (SSSR count). The van der Waals surface area contributed by atoms with E-state index in [9.17, 15) is 18.0 Å². The van der Waals surface area contributed by atoms with Gasteiger partial charge in [-0.05, 0) is 50.6 Å². The van der Waals surface area contributed by atoms with Crippen molar-refractivity contribution in [3.63, 3.8) is 0 Å². The first kappa shape index (κ1) is 19.7. The second-order valence-corrected chi connectivity index (χ2v) is 7.20. The number of amides is 1. The summed E-state index contributed by atoms with van der Waals surface area (Å²) in [6.07, 6.45) is -2.81. The molecule has 30 heavy (non-hydrogen) atoms. The largest absolute Gasteiger partial charge is 0.416 e. The minimum atomic E-state index is -4.43. The maximum Gasteiger partial charge on any atom is 0.416 e. The van der Waals surface area contributed by atoms with Crippen molar-refractivity contribution in [1.82, 2.24) is 30.7 Å². The molecule has 0 aliphatic carbocycles. The van der Waals surface area contributed by atoms with Crippen LogP contribution in [-0.2, 0) is 6.18 Å². The number of aryl methyl sites for hydroxylation is 1. The molecule has 0 saturated carbocycles. The van der Waals surface area contributed by atoms with E-state index >= 15 is 0 Å². The molecule has 0 fully saturated rings. The molecular formula is C20H19F3N6O. The molecule has 0 spiro atoms. The molecule has 1 unspecified atom stereocenters. The number of fused-ring (bicyclic) bond motifs is 1. The van der Waals surface area contributed by atoms with E-state index in [1.54, 1.807) is 13.1 Å². The quantitative estimate of drug-likeness (QED) is 0.396. The Balaban J connectivity index is 1.62. The van der Waals surface area contributed by atoms with E-state index in [4.69, 9.17) is 0 Å². The number of nitrogens with one attached hydrogen (secondary N) is 4. The summed E-state index contributed by atoms with van der Waals surface area (Å²) in [4.78, 5) is 15.7. The van der Waals surface area contributed by atoms with E-state index in [0.717, 1.165) is 17.8 Å². The molecule has 7 nitrogen and oxygen atoms in total. The van der Waals surface area contributed by atoms with E-state index in [0.29, 0.717) is 33.6 Å². The SMILES string of the molecule is Cc1cc(C(C)NC(=O)c2[nH]cc(-c3n[nH]c4cc(C(F)(F)F)ccc34)c2C)n[nH]1. The molecule has 0 radical (unpaired) electrons. The summed E-state index contributed by atoms with van der Waals surface area (Å²) < 4.78 is 38.8. The zero-order valence-electron chi connectivity index (χ0n) is 16.4. The number of aromatic nitrogens is 5. The van der Waals surface area contributed by atoms with Crippen molar-refractivity contribution in [2.75, 3.05) is 0 Å². The van der Waals surface area contributed by atoms with E-state index in [-0.39, 0.29) is 17.5 Å². The van der Waals surface area contributed by atoms with Crippen LogP contribution in [0.25, 0.3) is 22.2 Å². The monoisotopic (exact) mass is 416 g/mol. The molecule has 0 aliphatic rings. The lowest BCUT2D eigenvalue weighted by atomic mass is 10.0. The van der Waals surface area contributed by atoms with Crippen molar-refractivity contribution in [1.29, 1.82) is 0 Å². The summed E-state index contributed by atoms with van der Waals surface area (Å²) in [5, 5.41) is 17.2. The predicted octanol–water partition coefficient (Wildman–Crippen LogP) is 4.41. The highest BCUT2D eigenvalue weighted by atomic mass is 19.4. The third-order valence-corrected chi connectivity index (χ3v) is 5.03. The number of H-pyrrole nitrogens is 3. The Hall–Kier alpha value is -3.56. The number of aromatic amines is 3. The highest BCUT2D eigenvalue weighted by Crippen LogP contribution is 2.35. The van der Waals surface area contributed by atoms with Crippen LogP contribution in [0.4, 0.5) is 13.2 Å². The molecule has 3 aromatic heterocycles. The first-order valence-electron chi connectivity index (χ1n) is 9.21. The first-order chi connectivity index (χ1) is 14.1. The Morgan fingerprint density at radius 1 is 1.13 bits per heavy atom. The van der Waals surface area contributed by atoms with Gasteiger partial charge in [0.05, 0.1) is 22.8 Å². The van der Waals surface area contributed by atoms with Gasteiger partial charge in [-0.3, -0.25) is 15.0 Å². The second kappa shape index (κ2) is 7.05. The van der Waals surface area contributed by atoms with Gasteiger partial charge in [0.25, 0.3) is 5.91 Å². The van der Waals surface area contributed by atoms with E-state index in [1.807, 2.05) is 19.9 Å². The van der Waals surface area contributed by atoms with E-state index in [1.165, 1.54) is 6.07 Å². The number of rotatable bonds is 4. The molecule has 10 heteroatoms. The van der Waals surface area contributed by atoms with Crippen LogP contribution in [0.1, 0.15) is 46.0 Å². The normalized spacial score (nSPS) is 13.0. The van der Waals surface area contributed by atoms with Crippen molar-refractivity contribution < 1.29 is 18.0 Å². The Bertz CT molecular complexity index is 1230. The Morgan fingerprint density at radius 3 is 2.57 bits per heavy atom. The minimum Gasteiger partial charge on any atom is -0.356 e. The first-order valence-corrected chi connectivity index (χ1v) is 9.21. The number of hydrogen-bond donors (Lipinski definition) is 4. The van der Waals surface area contributed by atoms with Crippen LogP contribution >= 0.6 is 0 Å². The summed E-state index contributed by atoms with van der Waals surface area (Å²) in [5.41, 5.74) is 3.23. The van der Waals surface area contributed by atoms with Gasteiger partial charge in [0, 0.05) is 22.8 Å². The molecule has 3 heterocycles. The number of alkyl halides is 3. The van der Waals surface area contributed by atoms with Crippen molar-refractivity contribution in [2.45, 2.75) is 33.0 Å². The second-order valence-electron chi connectivity index (χ2n) is 7.20. The number of carbonyl (C=O) groups excluding carboxylic acids is 1. The van der Waals surface area contributed by atoms with Gasteiger partial charge in [-0.15, -0.1) is 0 Å². The third kappa shape index (κ3) is 3.44. The predicted molar refractivity (Wildman–Crippen MR) is 105 cm³/mol. The van der Waals surface area contributed by atoms with Gasteiger partial charge in [0.15, 0.2) is 0 Å². The molecule has 0 bridgehead atoms. The van der Waals surface area contributed by atoms with Gasteiger partial charge < -0.3 is 10.3 Å². The molecule has 4 aromatic rings. The molecule has 4 N–H and O–H groups in total. The number of benzene rings is 1. The van der Waals surface area contributed by atoms with Gasteiger partial charge in [-0.2, -0.15) is 23.4 Å². The van der Waals surface area contributed by atoms with Crippen LogP contribution in [-0.4, -0.2) is 31.3 Å². The van der Waals surface area contributed by atoms with Gasteiger partial charge in [-0.1, -0.05) is 0 Å². The lowest BCUT2D eigenvalue weighted by Crippen LogP contribution is -2.27. The number of nitrogens with zero attached hydrogens (tertiary/aromatic N) is 2. The average Bonchev–Trinajstić information content (AvgIpc) is 3.38. The summed E-state index contributed by atoms with van der Waals surface area (Å²) >= 11 is 0. The van der Waals surface area contributed by atoms with E-state index < -0.39 is 11.7 Å². The average molecular weight is 416 g/mol. The van der Waals surface area contributed by atoms with Crippen LogP contribution in [0, 0.1) is 13.8 Å². The maximum absolute atomic E-state index is 12.9. The number of carbonyl (C=O) groups is 1. The molecule has 1 amide bonds. The van der Waals surface area contributed by atoms with Crippen LogP contribution in [0.15, 0.2) is 30.5 Å². The fourth-order valence-corrected chi connectivity index (χ4v) is 3.38. The standard InChI is InChI=1S/C20H19F3N6O/c1-9-6-15(27-26-9)11(3)25-19(30)17-10(2)14(8-24-17)18-13-5-4-12(20(21,22)23)7-16(13)28-29-18/h4-8,11,24H,1-3H3,(H,25,30)(H,26,27)(H,28,29). The van der Waals surface area contributed by atoms with Gasteiger partial charge in [0.2, 0.25) is 0 Å². The maximum atomic E-state index is 12.9. The molecule has 1 aromatic carbocycles. The van der Waals surface area contributed by atoms with Gasteiger partial charge >= 0.3 is 6.18 Å². The zero-order valence-corrected chi connectivity index (χ0v) is 16.4. The summed E-state index contributed by atoms with van der Waals surface area (Å²) in [6.45, 7) is 5.46. The minimum absolute atomic E-state index is 0.272. The fraction of sp³-hybridized carbons (Fsp3) is 0.250. The fourth-order valence-electron chi connectivity index (χ4n) is 3.38. The molecule has 0 saturated heterocycles. The lowest BCUT2D eigenvalue weighted by molar-refractivity contribution is -0.137. The van der Waals surface area contributed by atoms with Crippen molar-refractivity contribution in [2.24, 2.45) is 0 Å². The summed E-state index contributed by atoms with van der Waals surface area (Å²) in [6, 6.07) is 4.97. The van der Waals surface area contributed by atoms with Gasteiger partial charge in [-0.25, -0.2) is 0 Å². The molecule has 0 aliphatic heterocycles. The van der Waals surface area contributed by atoms with Crippen LogP contribution in [0.2, 0.25) is 0 Å². The van der Waals surface area contributed by atoms with Crippen molar-refractivity contribution >= 4 is 16.8 Å². The van der Waals surface area contributed by atoms with Gasteiger partial charge in [0.1, 0.15) is 11.4 Å². The molecule has 1 atom stereocenters. The highest BCUT2D eigenvalue weighted by Gasteiger charge is 2.31. The van der Waals surface area contributed by atoms with Crippen LogP contribution in [0.5, 0.6) is 0 Å². The number of hydrogen-bond acceptors (Lipinski definition) is 3. The third-order valence-electron chi connectivity index (χ3n) is 5.03. The van der Waals surface area contributed by atoms with E-state index in [2.05, 4.69) is 30.7 Å². The smallest absolute Gasteiger partial charge is 0.356 e. The van der Waals surface area contributed by atoms with Crippen LogP contribution < -0.4 is 5.32 Å². The highest BCUT2D eigenvalue weighted by molar-refractivity contribution is 5.99. The van der Waals surface area contributed by atoms with Crippen molar-refractivity contribution in [3.8, 4) is 11.3 Å². The summed E-state index contributed by atoms with van der Waals surface area (Å²) in [7, 11) is 0. The Labute approximate surface area is 169 Å². The topological polar surface area (TPSA) is 102 Å². The number of halogens is 3. The lowest BCUT2D eigenvalue weighted by Gasteiger charge is -2.11.